The van der Waals surface area contributed by atoms with E-state index in [0.717, 1.165) is 5.56 Å². The Labute approximate surface area is 363 Å². The summed E-state index contributed by atoms with van der Waals surface area (Å²) < 4.78 is 76.3. The second-order valence-electron chi connectivity index (χ2n) is 21.0. The molecule has 0 aliphatic heterocycles. The molecule has 332 valence electrons. The Bertz CT molecular complexity index is 2030. The molecule has 4 aromatic carbocycles. The summed E-state index contributed by atoms with van der Waals surface area (Å²) in [4.78, 5) is 1.53. The molecule has 0 aromatic heterocycles. The van der Waals surface area contributed by atoms with Crippen molar-refractivity contribution in [2.75, 3.05) is 0 Å². The van der Waals surface area contributed by atoms with E-state index in [1.807, 2.05) is 186 Å². The summed E-state index contributed by atoms with van der Waals surface area (Å²) in [5.74, 6) is 2.73. The van der Waals surface area contributed by atoms with Gasteiger partial charge in [0.05, 0.1) is 4.90 Å². The van der Waals surface area contributed by atoms with Gasteiger partial charge in [-0.1, -0.05) is 17.7 Å². The van der Waals surface area contributed by atoms with E-state index in [1.165, 1.54) is 0 Å². The summed E-state index contributed by atoms with van der Waals surface area (Å²) in [6, 6.07) is 23.1. The van der Waals surface area contributed by atoms with Crippen LogP contribution in [0.2, 0.25) is 0 Å². The largest absolute Gasteiger partial charge is 0.484 e. The number of aryl methyl sites for hydroxylation is 1. The molecule has 0 aliphatic carbocycles. The van der Waals surface area contributed by atoms with Crippen LogP contribution in [-0.2, 0) is 13.7 Å². The van der Waals surface area contributed by atoms with E-state index in [1.54, 1.807) is 24.3 Å². The Morgan fingerprint density at radius 3 is 0.817 bits per heavy atom. The van der Waals surface area contributed by atoms with E-state index in [0.29, 0.717) is 49.2 Å². The number of hydrogen-bond donors (Lipinski definition) is 0. The van der Waals surface area contributed by atoms with Crippen molar-refractivity contribution >= 4 is 20.4 Å². The molecule has 0 amide bonds. The minimum atomic E-state index is -4.52. The van der Waals surface area contributed by atoms with Crippen LogP contribution in [0.15, 0.2) is 98.4 Å². The van der Waals surface area contributed by atoms with Crippen molar-refractivity contribution in [1.82, 2.24) is 0 Å². The molecule has 11 heteroatoms. The van der Waals surface area contributed by atoms with Crippen LogP contribution in [0.1, 0.15) is 130 Å². The lowest BCUT2D eigenvalue weighted by atomic mass is 10.1. The fourth-order valence-corrected chi connectivity index (χ4v) is 11.1. The van der Waals surface area contributed by atoms with E-state index in [9.17, 15) is 0 Å². The third-order valence-corrected chi connectivity index (χ3v) is 12.9. The Hall–Kier alpha value is -4.06. The van der Waals surface area contributed by atoms with Crippen molar-refractivity contribution in [3.63, 3.8) is 0 Å². The van der Waals surface area contributed by atoms with Crippen molar-refractivity contribution in [2.45, 2.75) is 185 Å². The molecule has 0 bridgehead atoms. The van der Waals surface area contributed by atoms with Crippen molar-refractivity contribution in [1.29, 1.82) is 0 Å². The molecule has 0 N–H and O–H groups in total. The lowest BCUT2D eigenvalue weighted by molar-refractivity contribution is 0.0952. The molecule has 4 aromatic rings. The minimum absolute atomic E-state index is 0.00141. The summed E-state index contributed by atoms with van der Waals surface area (Å²) in [5, 5.41) is 0. The minimum Gasteiger partial charge on any atom is -0.484 e. The van der Waals surface area contributed by atoms with Crippen LogP contribution in [-0.4, -0.2) is 42.0 Å². The lowest BCUT2D eigenvalue weighted by Gasteiger charge is -2.41. The van der Waals surface area contributed by atoms with Gasteiger partial charge in [-0.3, -0.25) is 0 Å². The number of benzene rings is 4. The van der Waals surface area contributed by atoms with E-state index in [4.69, 9.17) is 32.1 Å². The van der Waals surface area contributed by atoms with E-state index in [2.05, 4.69) is 0 Å². The molecule has 9 nitrogen and oxygen atoms in total. The van der Waals surface area contributed by atoms with E-state index in [-0.39, 0.29) is 4.90 Å². The van der Waals surface area contributed by atoms with Crippen molar-refractivity contribution in [2.24, 2.45) is 0 Å². The zero-order valence-electron chi connectivity index (χ0n) is 39.5. The molecule has 0 heterocycles. The topological polar surface area (TPSA) is 98.8 Å². The third kappa shape index (κ3) is 13.7. The van der Waals surface area contributed by atoms with Gasteiger partial charge in [-0.25, -0.2) is 3.63 Å². The first-order chi connectivity index (χ1) is 27.0. The van der Waals surface area contributed by atoms with Gasteiger partial charge in [0.25, 0.3) is 0 Å². The molecule has 0 saturated carbocycles. The molecule has 60 heavy (non-hydrogen) atoms. The molecule has 0 unspecified atom stereocenters. The average molecular weight is 867 g/mol. The number of rotatable bonds is 12. The Morgan fingerprint density at radius 1 is 0.333 bits per heavy atom. The summed E-state index contributed by atoms with van der Waals surface area (Å²) in [6.07, 6.45) is 0. The Kier molecular flexibility index (Phi) is 13.8. The second kappa shape index (κ2) is 17.0. The summed E-state index contributed by atoms with van der Waals surface area (Å²) in [5.41, 5.74) is -2.77. The van der Waals surface area contributed by atoms with E-state index < -0.39 is 54.0 Å². The molecule has 0 spiro atoms. The smallest absolute Gasteiger partial charge is 0.307 e. The zero-order chi connectivity index (χ0) is 45.5. The quantitative estimate of drug-likeness (QED) is 0.138. The molecule has 0 atom stereocenters. The van der Waals surface area contributed by atoms with Crippen molar-refractivity contribution in [3.05, 3.63) is 84.4 Å². The zero-order valence-corrected chi connectivity index (χ0v) is 41.1. The fourth-order valence-electron chi connectivity index (χ4n) is 5.88. The first kappa shape index (κ1) is 48.6. The van der Waals surface area contributed by atoms with Crippen LogP contribution in [0.25, 0.3) is 0 Å². The summed E-state index contributed by atoms with van der Waals surface area (Å²) in [6.45, 7) is 37.1. The van der Waals surface area contributed by atoms with Crippen LogP contribution < -0.4 is 28.4 Å². The molecule has 0 fully saturated rings. The summed E-state index contributed by atoms with van der Waals surface area (Å²) >= 11 is 0. The van der Waals surface area contributed by atoms with Crippen LogP contribution in [0.4, 0.5) is 0 Å². The average Bonchev–Trinajstić information content (AvgIpc) is 3.02. The van der Waals surface area contributed by atoms with E-state index >= 15 is 8.42 Å². The van der Waals surface area contributed by atoms with Gasteiger partial charge in [0.15, 0.2) is 34.5 Å². The predicted molar refractivity (Wildman–Crippen MR) is 243 cm³/mol. The maximum Gasteiger partial charge on any atom is 0.307 e. The maximum absolute atomic E-state index is 15.0. The number of ether oxygens (including phenoxy) is 6. The SMILES string of the molecule is Cc1ccc(S(=O)(=O)OS(c2ccc(OC(C)(C)C)c(OC(C)(C)C)c2)(c2ccc(OC(C)(C)C)c(OC(C)(C)C)c2)c2ccc(OC(C)(C)C)c(OC(C)(C)C)c2)cc1. The monoisotopic (exact) mass is 866 g/mol. The van der Waals surface area contributed by atoms with Crippen LogP contribution in [0.3, 0.4) is 0 Å². The molecule has 0 aliphatic rings. The lowest BCUT2D eigenvalue weighted by Crippen LogP contribution is -2.27. The molecule has 0 saturated heterocycles. The maximum atomic E-state index is 15.0. The Balaban J connectivity index is 2.30. The first-order valence-corrected chi connectivity index (χ1v) is 23.4. The highest BCUT2D eigenvalue weighted by Crippen LogP contribution is 2.72. The van der Waals surface area contributed by atoms with Gasteiger partial charge in [-0.15, -0.1) is 0 Å². The molecular weight excluding hydrogens is 797 g/mol. The third-order valence-electron chi connectivity index (χ3n) is 7.74. The Morgan fingerprint density at radius 2 is 0.567 bits per heavy atom. The predicted octanol–water partition coefficient (Wildman–Crippen LogP) is 13.7. The van der Waals surface area contributed by atoms with Gasteiger partial charge in [-0.05, 0) is 209 Å². The standard InChI is InChI=1S/C49H70O9S2/c1-33-20-22-34(23-21-33)60(50,51)58-59(35-24-27-38(52-44(2,3)4)41(30-35)55-47(11,12)13,36-25-28-39(53-45(5,6)7)42(31-36)56-48(14,15)16)37-26-29-40(54-46(8,9)10)43(32-37)57-49(17,18)19/h20-32H,1-19H3. The van der Waals surface area contributed by atoms with Gasteiger partial charge in [0, 0.05) is 14.7 Å². The van der Waals surface area contributed by atoms with Crippen molar-refractivity contribution in [3.8, 4) is 34.5 Å². The van der Waals surface area contributed by atoms with Gasteiger partial charge in [-0.2, -0.15) is 8.42 Å². The van der Waals surface area contributed by atoms with Gasteiger partial charge < -0.3 is 28.4 Å². The summed E-state index contributed by atoms with van der Waals surface area (Å²) in [7, 11) is -7.88. The highest BCUT2D eigenvalue weighted by Gasteiger charge is 2.42. The normalized spacial score (nSPS) is 13.7. The van der Waals surface area contributed by atoms with Crippen LogP contribution in [0.5, 0.6) is 34.5 Å². The highest BCUT2D eigenvalue weighted by molar-refractivity contribution is 8.33. The highest BCUT2D eigenvalue weighted by atomic mass is 32.3. The van der Waals surface area contributed by atoms with Crippen LogP contribution >= 0.6 is 10.3 Å². The van der Waals surface area contributed by atoms with Crippen molar-refractivity contribution < 1.29 is 40.5 Å². The first-order valence-electron chi connectivity index (χ1n) is 20.5. The molecule has 0 radical (unpaired) electrons. The van der Waals surface area contributed by atoms with Gasteiger partial charge >= 0.3 is 10.1 Å². The van der Waals surface area contributed by atoms with Crippen LogP contribution in [0, 0.1) is 6.92 Å². The molecule has 4 rings (SSSR count). The van der Waals surface area contributed by atoms with Gasteiger partial charge in [0.1, 0.15) is 33.6 Å². The second-order valence-corrected chi connectivity index (χ2v) is 25.5. The fraction of sp³-hybridized carbons (Fsp3) is 0.510. The van der Waals surface area contributed by atoms with Gasteiger partial charge in [0.2, 0.25) is 0 Å². The number of hydrogen-bond acceptors (Lipinski definition) is 9. The molecular formula is C49H70O9S2.